The lowest BCUT2D eigenvalue weighted by Crippen LogP contribution is -2.14. The number of hydrogen-bond donors (Lipinski definition) is 1. The van der Waals surface area contributed by atoms with Crippen molar-refractivity contribution in [2.24, 2.45) is 0 Å². The topological polar surface area (TPSA) is 55.4 Å². The summed E-state index contributed by atoms with van der Waals surface area (Å²) in [5, 5.41) is 4.48. The zero-order valence-electron chi connectivity index (χ0n) is 11.3. The Labute approximate surface area is 121 Å². The Hall–Kier alpha value is -2.14. The molecular formula is C15H15NO3S. The van der Waals surface area contributed by atoms with Crippen LogP contribution in [0.5, 0.6) is 0 Å². The third-order valence-corrected chi connectivity index (χ3v) is 3.78. The summed E-state index contributed by atoms with van der Waals surface area (Å²) in [4.78, 5) is 24.1. The molecule has 0 saturated heterocycles. The van der Waals surface area contributed by atoms with Crippen LogP contribution in [0.4, 0.5) is 5.69 Å². The van der Waals surface area contributed by atoms with E-state index in [1.807, 2.05) is 25.1 Å². The Morgan fingerprint density at radius 1 is 1.30 bits per heavy atom. The van der Waals surface area contributed by atoms with Crippen LogP contribution >= 0.6 is 11.3 Å². The summed E-state index contributed by atoms with van der Waals surface area (Å²) >= 11 is 1.24. The van der Waals surface area contributed by atoms with Gasteiger partial charge >= 0.3 is 5.97 Å². The van der Waals surface area contributed by atoms with E-state index < -0.39 is 5.97 Å². The number of methoxy groups -OCH3 is 1. The minimum Gasteiger partial charge on any atom is -0.465 e. The largest absolute Gasteiger partial charge is 0.465 e. The third-order valence-electron chi connectivity index (χ3n) is 2.88. The summed E-state index contributed by atoms with van der Waals surface area (Å²) in [6.45, 7) is 2.03. The first-order valence-corrected chi connectivity index (χ1v) is 7.09. The molecule has 0 saturated carbocycles. The summed E-state index contributed by atoms with van der Waals surface area (Å²) in [5.41, 5.74) is 2.15. The van der Waals surface area contributed by atoms with Gasteiger partial charge in [0, 0.05) is 5.56 Å². The molecule has 0 atom stereocenters. The molecule has 0 aliphatic heterocycles. The predicted octanol–water partition coefficient (Wildman–Crippen LogP) is 3.35. The minimum absolute atomic E-state index is 0.233. The number of rotatable bonds is 4. The van der Waals surface area contributed by atoms with Crippen LogP contribution in [0.15, 0.2) is 35.7 Å². The van der Waals surface area contributed by atoms with Gasteiger partial charge in [0.15, 0.2) is 0 Å². The van der Waals surface area contributed by atoms with Gasteiger partial charge in [0.1, 0.15) is 4.88 Å². The quantitative estimate of drug-likeness (QED) is 0.878. The lowest BCUT2D eigenvalue weighted by molar-refractivity contribution is 0.0607. The van der Waals surface area contributed by atoms with Gasteiger partial charge in [-0.05, 0) is 35.6 Å². The van der Waals surface area contributed by atoms with Gasteiger partial charge in [0.25, 0.3) is 5.91 Å². The Balaban J connectivity index is 2.19. The number of thiophene rings is 1. The standard InChI is InChI=1S/C15H15NO3S/c1-3-10-5-4-6-11(9-10)14(17)16-12-7-8-20-13(12)15(18)19-2/h4-9H,3H2,1-2H3,(H,16,17). The van der Waals surface area contributed by atoms with Crippen LogP contribution in [0.1, 0.15) is 32.5 Å². The summed E-state index contributed by atoms with van der Waals surface area (Å²) < 4.78 is 4.68. The lowest BCUT2D eigenvalue weighted by atomic mass is 10.1. The number of anilines is 1. The molecule has 1 aromatic carbocycles. The van der Waals surface area contributed by atoms with E-state index in [2.05, 4.69) is 10.1 Å². The maximum Gasteiger partial charge on any atom is 0.350 e. The van der Waals surface area contributed by atoms with Gasteiger partial charge in [-0.3, -0.25) is 4.79 Å². The van der Waals surface area contributed by atoms with Crippen LogP contribution in [-0.4, -0.2) is 19.0 Å². The number of hydrogen-bond acceptors (Lipinski definition) is 4. The first-order valence-electron chi connectivity index (χ1n) is 6.21. The summed E-state index contributed by atoms with van der Waals surface area (Å²) in [6.07, 6.45) is 0.868. The number of nitrogens with one attached hydrogen (secondary N) is 1. The molecule has 4 nitrogen and oxygen atoms in total. The van der Waals surface area contributed by atoms with E-state index in [0.29, 0.717) is 16.1 Å². The molecule has 5 heteroatoms. The van der Waals surface area contributed by atoms with E-state index in [1.54, 1.807) is 17.5 Å². The molecule has 1 heterocycles. The summed E-state index contributed by atoms with van der Waals surface area (Å²) in [6, 6.07) is 9.11. The average molecular weight is 289 g/mol. The highest BCUT2D eigenvalue weighted by Crippen LogP contribution is 2.23. The molecule has 0 bridgehead atoms. The molecule has 0 fully saturated rings. The van der Waals surface area contributed by atoms with Crippen molar-refractivity contribution in [2.45, 2.75) is 13.3 Å². The second-order valence-electron chi connectivity index (χ2n) is 4.16. The van der Waals surface area contributed by atoms with Crippen molar-refractivity contribution in [3.63, 3.8) is 0 Å². The number of esters is 1. The first-order chi connectivity index (χ1) is 9.65. The van der Waals surface area contributed by atoms with Crippen molar-refractivity contribution in [3.8, 4) is 0 Å². The fourth-order valence-corrected chi connectivity index (χ4v) is 2.55. The molecule has 0 radical (unpaired) electrons. The smallest absolute Gasteiger partial charge is 0.350 e. The lowest BCUT2D eigenvalue weighted by Gasteiger charge is -2.06. The van der Waals surface area contributed by atoms with E-state index in [0.717, 1.165) is 12.0 Å². The summed E-state index contributed by atoms with van der Waals surface area (Å²) in [7, 11) is 1.32. The number of aryl methyl sites for hydroxylation is 1. The Morgan fingerprint density at radius 3 is 2.80 bits per heavy atom. The molecule has 104 valence electrons. The van der Waals surface area contributed by atoms with Crippen LogP contribution in [0.3, 0.4) is 0 Å². The molecule has 0 aliphatic rings. The highest BCUT2D eigenvalue weighted by atomic mass is 32.1. The maximum absolute atomic E-state index is 12.2. The van der Waals surface area contributed by atoms with Crippen molar-refractivity contribution in [3.05, 3.63) is 51.7 Å². The van der Waals surface area contributed by atoms with E-state index >= 15 is 0 Å². The van der Waals surface area contributed by atoms with Gasteiger partial charge in [-0.2, -0.15) is 0 Å². The number of benzene rings is 1. The van der Waals surface area contributed by atoms with Crippen molar-refractivity contribution < 1.29 is 14.3 Å². The molecule has 2 aromatic rings. The van der Waals surface area contributed by atoms with Crippen LogP contribution in [0.25, 0.3) is 0 Å². The Morgan fingerprint density at radius 2 is 2.10 bits per heavy atom. The normalized spacial score (nSPS) is 10.1. The van der Waals surface area contributed by atoms with Crippen molar-refractivity contribution in [1.82, 2.24) is 0 Å². The predicted molar refractivity (Wildman–Crippen MR) is 79.4 cm³/mol. The highest BCUT2D eigenvalue weighted by Gasteiger charge is 2.16. The number of carbonyl (C=O) groups excluding carboxylic acids is 2. The van der Waals surface area contributed by atoms with Crippen molar-refractivity contribution >= 4 is 28.9 Å². The molecule has 1 N–H and O–H groups in total. The van der Waals surface area contributed by atoms with Crippen LogP contribution < -0.4 is 5.32 Å². The molecule has 1 amide bonds. The van der Waals surface area contributed by atoms with Gasteiger partial charge in [-0.25, -0.2) is 4.79 Å². The number of amides is 1. The molecule has 1 aromatic heterocycles. The van der Waals surface area contributed by atoms with Crippen LogP contribution in [0.2, 0.25) is 0 Å². The van der Waals surface area contributed by atoms with Gasteiger partial charge < -0.3 is 10.1 Å². The second kappa shape index (κ2) is 6.34. The Kier molecular flexibility index (Phi) is 4.53. The molecule has 2 rings (SSSR count). The number of ether oxygens (including phenoxy) is 1. The average Bonchev–Trinajstić information content (AvgIpc) is 2.94. The Bertz CT molecular complexity index is 634. The fourth-order valence-electron chi connectivity index (χ4n) is 1.79. The van der Waals surface area contributed by atoms with Crippen LogP contribution in [-0.2, 0) is 11.2 Å². The molecule has 0 unspecified atom stereocenters. The fraction of sp³-hybridized carbons (Fsp3) is 0.200. The molecule has 20 heavy (non-hydrogen) atoms. The number of carbonyl (C=O) groups is 2. The first kappa shape index (κ1) is 14.3. The minimum atomic E-state index is -0.447. The SMILES string of the molecule is CCc1cccc(C(=O)Nc2ccsc2C(=O)OC)c1. The van der Waals surface area contributed by atoms with E-state index in [-0.39, 0.29) is 5.91 Å². The monoisotopic (exact) mass is 289 g/mol. The summed E-state index contributed by atoms with van der Waals surface area (Å²) in [5.74, 6) is -0.679. The van der Waals surface area contributed by atoms with E-state index in [9.17, 15) is 9.59 Å². The second-order valence-corrected chi connectivity index (χ2v) is 5.08. The molecule has 0 spiro atoms. The van der Waals surface area contributed by atoms with Gasteiger partial charge in [-0.15, -0.1) is 11.3 Å². The van der Waals surface area contributed by atoms with Gasteiger partial charge in [0.05, 0.1) is 12.8 Å². The van der Waals surface area contributed by atoms with Crippen LogP contribution in [0, 0.1) is 0 Å². The zero-order valence-corrected chi connectivity index (χ0v) is 12.1. The molecule has 0 aliphatic carbocycles. The van der Waals surface area contributed by atoms with Gasteiger partial charge in [-0.1, -0.05) is 19.1 Å². The zero-order chi connectivity index (χ0) is 14.5. The maximum atomic E-state index is 12.2. The van der Waals surface area contributed by atoms with Gasteiger partial charge in [0.2, 0.25) is 0 Å². The third kappa shape index (κ3) is 3.05. The van der Waals surface area contributed by atoms with Crippen molar-refractivity contribution in [1.29, 1.82) is 0 Å². The van der Waals surface area contributed by atoms with E-state index in [1.165, 1.54) is 18.4 Å². The van der Waals surface area contributed by atoms with E-state index in [4.69, 9.17) is 0 Å². The molecular weight excluding hydrogens is 274 g/mol. The highest BCUT2D eigenvalue weighted by molar-refractivity contribution is 7.12. The van der Waals surface area contributed by atoms with Crippen molar-refractivity contribution in [2.75, 3.05) is 12.4 Å².